The van der Waals surface area contributed by atoms with Crippen LogP contribution in [0.5, 0.6) is 34.5 Å². The molecule has 6 aromatic rings. The van der Waals surface area contributed by atoms with Crippen LogP contribution in [-0.4, -0.2) is 13.3 Å². The zero-order valence-corrected chi connectivity index (χ0v) is 29.6. The number of rotatable bonds is 1. The van der Waals surface area contributed by atoms with Gasteiger partial charge in [0.2, 0.25) is 0 Å². The molecular weight excluding hydrogens is 639 g/mol. The van der Waals surface area contributed by atoms with Crippen molar-refractivity contribution in [2.75, 3.05) is 4.90 Å². The maximum absolute atomic E-state index is 7.17. The van der Waals surface area contributed by atoms with Crippen molar-refractivity contribution in [1.82, 2.24) is 0 Å². The second-order valence-electron chi connectivity index (χ2n) is 15.3. The van der Waals surface area contributed by atoms with Crippen LogP contribution in [0.3, 0.4) is 0 Å². The molecule has 1 atom stereocenters. The van der Waals surface area contributed by atoms with E-state index in [0.29, 0.717) is 0 Å². The van der Waals surface area contributed by atoms with Crippen molar-refractivity contribution in [2.45, 2.75) is 52.4 Å². The molecule has 4 heterocycles. The van der Waals surface area contributed by atoms with Gasteiger partial charge in [-0.25, -0.2) is 0 Å². The third-order valence-electron chi connectivity index (χ3n) is 10.5. The number of nitrogens with zero attached hydrogens (tertiary/aromatic N) is 1. The first-order chi connectivity index (χ1) is 22.6. The molecule has 0 radical (unpaired) electrons. The Kier molecular flexibility index (Phi) is 5.14. The number of benzene rings is 6. The monoisotopic (exact) mass is 675 g/mol. The summed E-state index contributed by atoms with van der Waals surface area (Å²) in [5.41, 5.74) is 5.39. The molecule has 0 fully saturated rings. The number of ether oxygens (including phenoxy) is 3. The molecule has 0 saturated heterocycles. The van der Waals surface area contributed by atoms with Crippen LogP contribution in [0, 0.1) is 0 Å². The van der Waals surface area contributed by atoms with Gasteiger partial charge >= 0.3 is 279 Å². The topological polar surface area (TPSA) is 30.9 Å². The Bertz CT molecular complexity index is 2350. The Morgan fingerprint density at radius 2 is 1.15 bits per heavy atom. The van der Waals surface area contributed by atoms with E-state index < -0.39 is 13.3 Å². The van der Waals surface area contributed by atoms with Crippen molar-refractivity contribution < 1.29 is 14.2 Å². The summed E-state index contributed by atoms with van der Waals surface area (Å²) in [7, 11) is 0. The van der Waals surface area contributed by atoms with Gasteiger partial charge in [0.05, 0.1) is 0 Å². The molecule has 5 heteroatoms. The molecule has 0 N–H and O–H groups in total. The summed E-state index contributed by atoms with van der Waals surface area (Å²) < 4.78 is 26.7. The number of anilines is 3. The molecule has 6 aromatic carbocycles. The zero-order chi connectivity index (χ0) is 32.0. The van der Waals surface area contributed by atoms with Gasteiger partial charge in [0.15, 0.2) is 0 Å². The van der Waals surface area contributed by atoms with E-state index in [4.69, 9.17) is 14.2 Å². The van der Waals surface area contributed by atoms with Crippen molar-refractivity contribution in [1.29, 1.82) is 0 Å². The predicted octanol–water partition coefficient (Wildman–Crippen LogP) is 8.91. The molecule has 0 aromatic heterocycles. The second kappa shape index (κ2) is 8.81. The van der Waals surface area contributed by atoms with Gasteiger partial charge in [0.25, 0.3) is 0 Å². The average Bonchev–Trinajstić information content (AvgIpc) is 3.05. The zero-order valence-electron chi connectivity index (χ0n) is 27.5. The summed E-state index contributed by atoms with van der Waals surface area (Å²) >= 11 is -3.87. The Morgan fingerprint density at radius 3 is 1.87 bits per heavy atom. The van der Waals surface area contributed by atoms with Gasteiger partial charge in [0, 0.05) is 0 Å². The van der Waals surface area contributed by atoms with Gasteiger partial charge in [-0.2, -0.15) is 0 Å². The standard InChI is InChI=1S/C42H35GeNO3/c1-41(2,3)27-20-22-29-34-39(27)45-31-17-12-18-32-35(31)43(34,25-14-8-7-9-15-25)36-37-33(23-28(40(36)46-32)42(4,5)6)47-38-26-16-11-10-13-24(26)19-21-30(38)44(29)37/h7-23H,1-6H3. The molecular formula is C42H35GeNO3. The first kappa shape index (κ1) is 27.4. The molecule has 10 rings (SSSR count). The third-order valence-corrected chi connectivity index (χ3v) is 20.7. The Morgan fingerprint density at radius 1 is 0.511 bits per heavy atom. The van der Waals surface area contributed by atoms with E-state index >= 15 is 0 Å². The molecule has 4 aliphatic heterocycles. The van der Waals surface area contributed by atoms with E-state index in [1.807, 2.05) is 0 Å². The second-order valence-corrected chi connectivity index (χ2v) is 22.8. The average molecular weight is 674 g/mol. The molecule has 4 aliphatic rings. The molecule has 0 bridgehead atoms. The molecule has 0 amide bonds. The molecule has 4 nitrogen and oxygen atoms in total. The molecule has 1 unspecified atom stereocenters. The van der Waals surface area contributed by atoms with E-state index in [-0.39, 0.29) is 10.8 Å². The van der Waals surface area contributed by atoms with Crippen LogP contribution in [0.4, 0.5) is 17.1 Å². The summed E-state index contributed by atoms with van der Waals surface area (Å²) in [6, 6.07) is 37.5. The minimum atomic E-state index is -3.87. The van der Waals surface area contributed by atoms with Crippen LogP contribution in [-0.2, 0) is 10.8 Å². The third kappa shape index (κ3) is 3.34. The van der Waals surface area contributed by atoms with Crippen molar-refractivity contribution in [3.8, 4) is 34.5 Å². The van der Waals surface area contributed by atoms with Crippen LogP contribution < -0.4 is 36.7 Å². The molecule has 0 aliphatic carbocycles. The van der Waals surface area contributed by atoms with Crippen LogP contribution in [0.25, 0.3) is 10.8 Å². The first-order valence-corrected chi connectivity index (χ1v) is 20.7. The molecule has 47 heavy (non-hydrogen) atoms. The van der Waals surface area contributed by atoms with Gasteiger partial charge in [-0.15, -0.1) is 0 Å². The van der Waals surface area contributed by atoms with Crippen molar-refractivity contribution in [3.05, 3.63) is 114 Å². The van der Waals surface area contributed by atoms with Gasteiger partial charge in [-0.3, -0.25) is 0 Å². The molecule has 0 saturated carbocycles. The fraction of sp³-hybridized carbons (Fsp3) is 0.190. The fourth-order valence-electron chi connectivity index (χ4n) is 8.52. The number of hydrogen-bond donors (Lipinski definition) is 0. The van der Waals surface area contributed by atoms with Gasteiger partial charge in [-0.1, -0.05) is 0 Å². The van der Waals surface area contributed by atoms with Crippen molar-refractivity contribution in [3.63, 3.8) is 0 Å². The van der Waals surface area contributed by atoms with E-state index in [2.05, 4.69) is 150 Å². The van der Waals surface area contributed by atoms with E-state index in [1.165, 1.54) is 28.8 Å². The summed E-state index contributed by atoms with van der Waals surface area (Å²) in [5, 5.41) is 2.26. The Labute approximate surface area is 277 Å². The summed E-state index contributed by atoms with van der Waals surface area (Å²) in [5.74, 6) is 5.61. The van der Waals surface area contributed by atoms with Gasteiger partial charge in [0.1, 0.15) is 0 Å². The van der Waals surface area contributed by atoms with E-state index in [1.54, 1.807) is 0 Å². The number of hydrogen-bond acceptors (Lipinski definition) is 4. The number of fused-ring (bicyclic) bond motifs is 5. The normalized spacial score (nSPS) is 17.7. The fourth-order valence-corrected chi connectivity index (χ4v) is 20.1. The first-order valence-electron chi connectivity index (χ1n) is 16.5. The predicted molar refractivity (Wildman–Crippen MR) is 193 cm³/mol. The minimum absolute atomic E-state index is 0.134. The summed E-state index contributed by atoms with van der Waals surface area (Å²) in [6.07, 6.45) is 0. The van der Waals surface area contributed by atoms with Crippen LogP contribution >= 0.6 is 0 Å². The van der Waals surface area contributed by atoms with Crippen molar-refractivity contribution in [2.24, 2.45) is 0 Å². The van der Waals surface area contributed by atoms with Crippen LogP contribution in [0.15, 0.2) is 103 Å². The van der Waals surface area contributed by atoms with Crippen LogP contribution in [0.2, 0.25) is 0 Å². The van der Waals surface area contributed by atoms with Crippen LogP contribution in [0.1, 0.15) is 52.7 Å². The van der Waals surface area contributed by atoms with Gasteiger partial charge < -0.3 is 0 Å². The van der Waals surface area contributed by atoms with E-state index in [9.17, 15) is 0 Å². The molecule has 230 valence electrons. The SMILES string of the molecule is CC(C)(C)c1ccc2[c]3c1Oc1cccc4[c]1[Ge]3([c]1ccccc1)[c]1c(c(C(C)(C)C)cc3c1N2c1ccc2ccccc2c1O3)O4. The van der Waals surface area contributed by atoms with Crippen molar-refractivity contribution >= 4 is 58.7 Å². The Balaban J connectivity index is 1.47. The van der Waals surface area contributed by atoms with E-state index in [0.717, 1.165) is 62.2 Å². The summed E-state index contributed by atoms with van der Waals surface area (Å²) in [4.78, 5) is 2.47. The Hall–Kier alpha value is -4.68. The quantitative estimate of drug-likeness (QED) is 0.163. The maximum atomic E-state index is 7.17. The summed E-state index contributed by atoms with van der Waals surface area (Å²) in [6.45, 7) is 13.7. The van der Waals surface area contributed by atoms with Gasteiger partial charge in [-0.05, 0) is 0 Å². The molecule has 0 spiro atoms.